The molecular weight excluding hydrogens is 556 g/mol. The molecule has 4 amide bonds. The summed E-state index contributed by atoms with van der Waals surface area (Å²) >= 11 is 0. The Balaban J connectivity index is 2.01. The number of rotatable bonds is 13. The fraction of sp³-hybridized carbons (Fsp3) is 0.486. The molecule has 3 rings (SSSR count). The maximum Gasteiger partial charge on any atom is 0.257 e. The van der Waals surface area contributed by atoms with Gasteiger partial charge >= 0.3 is 0 Å². The Kier molecular flexibility index (Phi) is 11.9. The van der Waals surface area contributed by atoms with E-state index in [1.54, 1.807) is 14.1 Å². The molecule has 238 valence electrons. The summed E-state index contributed by atoms with van der Waals surface area (Å²) in [6, 6.07) is 16.1. The number of hydrogen-bond donors (Lipinski definition) is 0. The molecule has 4 atom stereocenters. The van der Waals surface area contributed by atoms with Crippen molar-refractivity contribution in [3.63, 3.8) is 0 Å². The molecule has 0 radical (unpaired) electrons. The zero-order valence-corrected chi connectivity index (χ0v) is 27.6. The first-order valence-corrected chi connectivity index (χ1v) is 15.2. The smallest absolute Gasteiger partial charge is 0.257 e. The SMILES string of the molecule is COC1=CC(=O)N(C(=O)[C@H](Cc2ccccc2)N(C)C(=O)[C@@H](C(C)C)N(C)C(=O)C(C(C)C)N(C)C)[C@H]1Cc1ccccc1. The van der Waals surface area contributed by atoms with Crippen molar-refractivity contribution in [2.75, 3.05) is 35.3 Å². The lowest BCUT2D eigenvalue weighted by Crippen LogP contribution is -2.60. The summed E-state index contributed by atoms with van der Waals surface area (Å²) in [5, 5.41) is 0. The summed E-state index contributed by atoms with van der Waals surface area (Å²) in [6.07, 6.45) is 1.92. The van der Waals surface area contributed by atoms with E-state index in [9.17, 15) is 19.2 Å². The fourth-order valence-corrected chi connectivity index (χ4v) is 6.15. The van der Waals surface area contributed by atoms with Gasteiger partial charge in [0.15, 0.2) is 0 Å². The lowest BCUT2D eigenvalue weighted by Gasteiger charge is -2.40. The molecule has 1 aliphatic rings. The van der Waals surface area contributed by atoms with Crippen molar-refractivity contribution in [3.8, 4) is 0 Å². The molecule has 1 aliphatic heterocycles. The van der Waals surface area contributed by atoms with Crippen LogP contribution in [0.4, 0.5) is 0 Å². The van der Waals surface area contributed by atoms with E-state index >= 15 is 0 Å². The van der Waals surface area contributed by atoms with Gasteiger partial charge in [-0.1, -0.05) is 88.4 Å². The molecule has 2 aromatic rings. The van der Waals surface area contributed by atoms with Crippen molar-refractivity contribution in [3.05, 3.63) is 83.6 Å². The van der Waals surface area contributed by atoms with E-state index in [2.05, 4.69) is 0 Å². The fourth-order valence-electron chi connectivity index (χ4n) is 6.15. The van der Waals surface area contributed by atoms with Crippen LogP contribution in [0, 0.1) is 11.8 Å². The number of carbonyl (C=O) groups is 4. The Labute approximate surface area is 262 Å². The van der Waals surface area contributed by atoms with E-state index in [1.807, 2.05) is 107 Å². The van der Waals surface area contributed by atoms with Crippen LogP contribution in [0.15, 0.2) is 72.5 Å². The molecule has 2 aromatic carbocycles. The molecule has 0 bridgehead atoms. The zero-order chi connectivity index (χ0) is 32.7. The predicted molar refractivity (Wildman–Crippen MR) is 171 cm³/mol. The van der Waals surface area contributed by atoms with Gasteiger partial charge < -0.3 is 14.5 Å². The molecule has 9 nitrogen and oxygen atoms in total. The van der Waals surface area contributed by atoms with Crippen LogP contribution in [0.5, 0.6) is 0 Å². The second kappa shape index (κ2) is 15.1. The van der Waals surface area contributed by atoms with Crippen molar-refractivity contribution in [2.24, 2.45) is 11.8 Å². The lowest BCUT2D eigenvalue weighted by atomic mass is 9.95. The Hall–Kier alpha value is -3.98. The minimum absolute atomic E-state index is 0.0261. The van der Waals surface area contributed by atoms with Crippen molar-refractivity contribution in [1.29, 1.82) is 0 Å². The van der Waals surface area contributed by atoms with Crippen LogP contribution < -0.4 is 0 Å². The third-order valence-corrected chi connectivity index (χ3v) is 8.35. The topological polar surface area (TPSA) is 90.5 Å². The van der Waals surface area contributed by atoms with Gasteiger partial charge in [-0.05, 0) is 37.1 Å². The van der Waals surface area contributed by atoms with E-state index in [0.717, 1.165) is 11.1 Å². The van der Waals surface area contributed by atoms with Crippen molar-refractivity contribution in [2.45, 2.75) is 64.7 Å². The summed E-state index contributed by atoms with van der Waals surface area (Å²) in [7, 11) is 8.43. The first-order chi connectivity index (χ1) is 20.8. The summed E-state index contributed by atoms with van der Waals surface area (Å²) in [5.41, 5.74) is 1.78. The molecular formula is C35H48N4O5. The zero-order valence-electron chi connectivity index (χ0n) is 27.6. The van der Waals surface area contributed by atoms with Crippen molar-refractivity contribution < 1.29 is 23.9 Å². The van der Waals surface area contributed by atoms with Gasteiger partial charge in [-0.2, -0.15) is 0 Å². The third-order valence-electron chi connectivity index (χ3n) is 8.35. The highest BCUT2D eigenvalue weighted by Gasteiger charge is 2.45. The number of benzene rings is 2. The summed E-state index contributed by atoms with van der Waals surface area (Å²) in [4.78, 5) is 61.9. The first kappa shape index (κ1) is 34.5. The first-order valence-electron chi connectivity index (χ1n) is 15.2. The Morgan fingerprint density at radius 3 is 1.75 bits per heavy atom. The van der Waals surface area contributed by atoms with Gasteiger partial charge in [-0.25, -0.2) is 0 Å². The molecule has 9 heteroatoms. The van der Waals surface area contributed by atoms with Crippen LogP contribution in [0.1, 0.15) is 38.8 Å². The molecule has 0 aromatic heterocycles. The van der Waals surface area contributed by atoms with Crippen molar-refractivity contribution in [1.82, 2.24) is 19.6 Å². The van der Waals surface area contributed by atoms with Crippen LogP contribution in [-0.2, 0) is 36.8 Å². The standard InChI is InChI=1S/C35H48N4O5/c1-23(2)31(36(5)6)34(42)38(8)32(24(3)4)35(43)37(7)28(21-26-18-14-11-15-19-26)33(41)39-27(29(44-9)22-30(39)40)20-25-16-12-10-13-17-25/h10-19,22-24,27-28,31-32H,20-21H2,1-9H3/t27-,28-,31?,32+/m0/s1. The molecule has 0 fully saturated rings. The van der Waals surface area contributed by atoms with Gasteiger partial charge in [0.2, 0.25) is 11.8 Å². The number of amides is 4. The molecule has 0 N–H and O–H groups in total. The molecule has 1 unspecified atom stereocenters. The maximum atomic E-state index is 14.5. The number of likely N-dealkylation sites (N-methyl/N-ethyl adjacent to an activating group) is 3. The normalized spacial score (nSPS) is 17.0. The van der Waals surface area contributed by atoms with Gasteiger partial charge in [0.05, 0.1) is 13.2 Å². The van der Waals surface area contributed by atoms with E-state index in [1.165, 1.54) is 27.9 Å². The Morgan fingerprint density at radius 2 is 1.27 bits per heavy atom. The van der Waals surface area contributed by atoms with Crippen molar-refractivity contribution >= 4 is 23.6 Å². The summed E-state index contributed by atoms with van der Waals surface area (Å²) < 4.78 is 5.56. The predicted octanol–water partition coefficient (Wildman–Crippen LogP) is 3.64. The number of carbonyl (C=O) groups excluding carboxylic acids is 4. The second-order valence-electron chi connectivity index (χ2n) is 12.4. The maximum absolute atomic E-state index is 14.5. The van der Waals surface area contributed by atoms with Crippen LogP contribution in [0.2, 0.25) is 0 Å². The van der Waals surface area contributed by atoms with Gasteiger partial charge in [0.25, 0.3) is 11.8 Å². The number of hydrogen-bond acceptors (Lipinski definition) is 6. The number of methoxy groups -OCH3 is 1. The summed E-state index contributed by atoms with van der Waals surface area (Å²) in [5.74, 6) is -1.32. The molecule has 0 aliphatic carbocycles. The number of nitrogens with zero attached hydrogens (tertiary/aromatic N) is 4. The number of imide groups is 1. The molecule has 1 heterocycles. The average molecular weight is 605 g/mol. The Bertz CT molecular complexity index is 1320. The van der Waals surface area contributed by atoms with Crippen LogP contribution in [-0.4, -0.2) is 103 Å². The molecule has 0 saturated carbocycles. The van der Waals surface area contributed by atoms with Crippen LogP contribution in [0.25, 0.3) is 0 Å². The monoisotopic (exact) mass is 604 g/mol. The van der Waals surface area contributed by atoms with E-state index in [-0.39, 0.29) is 30.1 Å². The van der Waals surface area contributed by atoms with Crippen LogP contribution in [0.3, 0.4) is 0 Å². The average Bonchev–Trinajstić information content (AvgIpc) is 3.29. The van der Waals surface area contributed by atoms with Gasteiger partial charge in [-0.15, -0.1) is 0 Å². The summed E-state index contributed by atoms with van der Waals surface area (Å²) in [6.45, 7) is 7.74. The van der Waals surface area contributed by atoms with E-state index in [0.29, 0.717) is 12.2 Å². The lowest BCUT2D eigenvalue weighted by molar-refractivity contribution is -0.155. The molecule has 0 saturated heterocycles. The van der Waals surface area contributed by atoms with Gasteiger partial charge in [0.1, 0.15) is 23.9 Å². The quantitative estimate of drug-likeness (QED) is 0.347. The third kappa shape index (κ3) is 7.75. The largest absolute Gasteiger partial charge is 0.499 e. The van der Waals surface area contributed by atoms with Gasteiger partial charge in [-0.3, -0.25) is 29.0 Å². The second-order valence-corrected chi connectivity index (χ2v) is 12.4. The highest BCUT2D eigenvalue weighted by molar-refractivity contribution is 6.07. The molecule has 44 heavy (non-hydrogen) atoms. The van der Waals surface area contributed by atoms with E-state index in [4.69, 9.17) is 4.74 Å². The minimum Gasteiger partial charge on any atom is -0.499 e. The number of ether oxygens (including phenoxy) is 1. The van der Waals surface area contributed by atoms with Crippen LogP contribution >= 0.6 is 0 Å². The highest BCUT2D eigenvalue weighted by atomic mass is 16.5. The van der Waals surface area contributed by atoms with Gasteiger partial charge in [0, 0.05) is 33.0 Å². The molecule has 0 spiro atoms. The van der Waals surface area contributed by atoms with E-state index < -0.39 is 36.0 Å². The highest BCUT2D eigenvalue weighted by Crippen LogP contribution is 2.27. The minimum atomic E-state index is -1.00. The Morgan fingerprint density at radius 1 is 0.773 bits per heavy atom.